The van der Waals surface area contributed by atoms with Crippen molar-refractivity contribution in [2.75, 3.05) is 7.11 Å². The zero-order valence-electron chi connectivity index (χ0n) is 28.6. The molecule has 244 valence electrons. The summed E-state index contributed by atoms with van der Waals surface area (Å²) in [5, 5.41) is 15.0. The second kappa shape index (κ2) is 12.5. The van der Waals surface area contributed by atoms with Crippen molar-refractivity contribution >= 4 is 35.4 Å². The van der Waals surface area contributed by atoms with Gasteiger partial charge in [-0.3, -0.25) is 4.79 Å². The number of hydrogen-bond acceptors (Lipinski definition) is 7. The van der Waals surface area contributed by atoms with Crippen LogP contribution in [0.2, 0.25) is 0 Å². The van der Waals surface area contributed by atoms with Crippen molar-refractivity contribution < 1.29 is 14.6 Å². The summed E-state index contributed by atoms with van der Waals surface area (Å²) in [5.74, 6) is 0.0902. The average Bonchev–Trinajstić information content (AvgIpc) is 3.86. The standard InChI is InChI=1S/C41H42N4O3/c1-7-28-22(2)34-19-38-29(13-12-26-8-10-27(21-46)11-9-26)23(3)33(43-38)18-35-25(5)31(16-17-39(47)48-6)41(44-35)32-15-14-30-24(4)36(45-40(30)32)20-37(28)42-34/h8-13,18-21,25,31,44,46H,7,14-17H2,1-6H3/b26-12?,27-21?,29-13+,34-19?,35-18?,36-20?,41-32?/t25-,31-/m0/s1. The van der Waals surface area contributed by atoms with E-state index in [1.54, 1.807) is 0 Å². The highest BCUT2D eigenvalue weighted by atomic mass is 16.5. The molecule has 1 saturated carbocycles. The fraction of sp³-hybridized carbons (Fsp3) is 0.317. The monoisotopic (exact) mass is 638 g/mol. The van der Waals surface area contributed by atoms with E-state index in [-0.39, 0.29) is 17.8 Å². The summed E-state index contributed by atoms with van der Waals surface area (Å²) >= 11 is 0. The Bertz CT molecular complexity index is 2120. The zero-order valence-corrected chi connectivity index (χ0v) is 28.6. The van der Waals surface area contributed by atoms with Crippen LogP contribution in [0.1, 0.15) is 66.7 Å². The van der Waals surface area contributed by atoms with Gasteiger partial charge in [-0.05, 0) is 103 Å². The highest BCUT2D eigenvalue weighted by molar-refractivity contribution is 6.20. The van der Waals surface area contributed by atoms with E-state index in [4.69, 9.17) is 19.7 Å². The zero-order chi connectivity index (χ0) is 33.7. The second-order valence-electron chi connectivity index (χ2n) is 13.3. The number of aliphatic hydroxyl groups excluding tert-OH is 1. The highest BCUT2D eigenvalue weighted by Gasteiger charge is 2.40. The van der Waals surface area contributed by atoms with E-state index < -0.39 is 0 Å². The number of carbonyl (C=O) groups is 1. The van der Waals surface area contributed by atoms with Crippen molar-refractivity contribution in [1.29, 1.82) is 0 Å². The number of ether oxygens (including phenoxy) is 1. The molecule has 7 rings (SSSR count). The Morgan fingerprint density at radius 3 is 2.35 bits per heavy atom. The van der Waals surface area contributed by atoms with E-state index in [1.165, 1.54) is 40.7 Å². The van der Waals surface area contributed by atoms with Gasteiger partial charge in [-0.25, -0.2) is 15.0 Å². The number of esters is 1. The minimum absolute atomic E-state index is 0.129. The maximum absolute atomic E-state index is 12.3. The fourth-order valence-corrected chi connectivity index (χ4v) is 7.67. The summed E-state index contributed by atoms with van der Waals surface area (Å²) in [4.78, 5) is 28.0. The van der Waals surface area contributed by atoms with Crippen LogP contribution in [0.25, 0.3) is 12.3 Å². The van der Waals surface area contributed by atoms with Crippen molar-refractivity contribution in [3.8, 4) is 0 Å². The van der Waals surface area contributed by atoms with Gasteiger partial charge in [0.15, 0.2) is 0 Å². The molecule has 2 fully saturated rings. The molecule has 1 aromatic rings. The van der Waals surface area contributed by atoms with Crippen LogP contribution in [0.4, 0.5) is 0 Å². The van der Waals surface area contributed by atoms with Gasteiger partial charge in [-0.1, -0.05) is 50.3 Å². The van der Waals surface area contributed by atoms with Crippen molar-refractivity contribution in [3.63, 3.8) is 0 Å². The first-order valence-corrected chi connectivity index (χ1v) is 16.9. The molecule has 2 atom stereocenters. The number of aliphatic hydroxyl groups is 1. The van der Waals surface area contributed by atoms with Crippen molar-refractivity contribution in [3.05, 3.63) is 127 Å². The van der Waals surface area contributed by atoms with Crippen molar-refractivity contribution in [2.45, 2.75) is 66.7 Å². The molecule has 1 aromatic carbocycles. The number of fused-ring (bicyclic) bond motifs is 5. The lowest BCUT2D eigenvalue weighted by Crippen LogP contribution is -2.15. The fourth-order valence-electron chi connectivity index (χ4n) is 7.67. The van der Waals surface area contributed by atoms with Gasteiger partial charge in [-0.15, -0.1) is 0 Å². The van der Waals surface area contributed by atoms with E-state index in [0.29, 0.717) is 12.8 Å². The number of allylic oxidation sites excluding steroid dienone is 13. The molecule has 0 unspecified atom stereocenters. The van der Waals surface area contributed by atoms with Gasteiger partial charge in [0.1, 0.15) is 0 Å². The number of aliphatic imine (C=N–C) groups is 3. The lowest BCUT2D eigenvalue weighted by Gasteiger charge is -2.17. The number of rotatable bonds is 5. The lowest BCUT2D eigenvalue weighted by molar-refractivity contribution is -0.140. The first-order valence-electron chi connectivity index (χ1n) is 16.9. The first-order chi connectivity index (χ1) is 23.2. The summed E-state index contributed by atoms with van der Waals surface area (Å²) < 4.78 is 5.04. The maximum Gasteiger partial charge on any atom is 0.305 e. The lowest BCUT2D eigenvalue weighted by atomic mass is 9.86. The van der Waals surface area contributed by atoms with E-state index >= 15 is 0 Å². The molecule has 48 heavy (non-hydrogen) atoms. The van der Waals surface area contributed by atoms with Crippen LogP contribution >= 0.6 is 0 Å². The second-order valence-corrected chi connectivity index (χ2v) is 13.3. The Morgan fingerprint density at radius 2 is 1.62 bits per heavy atom. The third-order valence-corrected chi connectivity index (χ3v) is 10.6. The summed E-state index contributed by atoms with van der Waals surface area (Å²) in [6.07, 6.45) is 15.6. The van der Waals surface area contributed by atoms with Crippen molar-refractivity contribution in [2.24, 2.45) is 26.8 Å². The summed E-state index contributed by atoms with van der Waals surface area (Å²) in [6, 6.07) is 7.76. The molecule has 0 spiro atoms. The van der Waals surface area contributed by atoms with Gasteiger partial charge in [0.25, 0.3) is 0 Å². The van der Waals surface area contributed by atoms with Gasteiger partial charge in [0, 0.05) is 40.4 Å². The Labute approximate surface area is 282 Å². The van der Waals surface area contributed by atoms with E-state index in [0.717, 1.165) is 87.0 Å². The van der Waals surface area contributed by atoms with Gasteiger partial charge in [-0.2, -0.15) is 0 Å². The topological polar surface area (TPSA) is 95.6 Å². The Morgan fingerprint density at radius 1 is 0.917 bits per heavy atom. The number of methoxy groups -OCH3 is 1. The molecule has 7 heteroatoms. The third kappa shape index (κ3) is 5.41. The maximum atomic E-state index is 12.3. The third-order valence-electron chi connectivity index (χ3n) is 10.6. The molecular formula is C41H42N4O3. The van der Waals surface area contributed by atoms with Gasteiger partial charge in [0.2, 0.25) is 0 Å². The molecule has 2 N–H and O–H groups in total. The molecule has 5 aliphatic heterocycles. The molecule has 0 amide bonds. The first kappa shape index (κ1) is 31.6. The molecule has 6 aliphatic rings. The summed E-state index contributed by atoms with van der Waals surface area (Å²) in [6.45, 7) is 10.9. The Balaban J connectivity index is 1.43. The van der Waals surface area contributed by atoms with E-state index in [2.05, 4.69) is 70.3 Å². The molecule has 8 bridgehead atoms. The SMILES string of the molecule is CCC1=C(C)C2=CC3=NC(=C(C)/C3=C\C=c3ccc(=CO)cc3)C=C3NC(=C4CCC5=C(C)C(=CC1=N2)N=C54)[C@@H](CCC(=O)OC)[C@@H]3C. The largest absolute Gasteiger partial charge is 0.515 e. The van der Waals surface area contributed by atoms with Gasteiger partial charge < -0.3 is 15.2 Å². The Kier molecular flexibility index (Phi) is 8.24. The molecular weight excluding hydrogens is 596 g/mol. The molecule has 0 aromatic heterocycles. The normalized spacial score (nSPS) is 23.7. The minimum Gasteiger partial charge on any atom is -0.515 e. The predicted octanol–water partition coefficient (Wildman–Crippen LogP) is 6.89. The Hall–Kier alpha value is -5.04. The van der Waals surface area contributed by atoms with Crippen LogP contribution in [-0.4, -0.2) is 35.3 Å². The van der Waals surface area contributed by atoms with Crippen molar-refractivity contribution in [1.82, 2.24) is 5.32 Å². The predicted molar refractivity (Wildman–Crippen MR) is 194 cm³/mol. The molecule has 1 aliphatic carbocycles. The van der Waals surface area contributed by atoms with E-state index in [9.17, 15) is 9.90 Å². The molecule has 7 nitrogen and oxygen atoms in total. The average molecular weight is 639 g/mol. The number of carbonyl (C=O) groups excluding carboxylic acids is 1. The number of nitrogens with zero attached hydrogens (tertiary/aromatic N) is 3. The molecule has 0 radical (unpaired) electrons. The minimum atomic E-state index is -0.189. The van der Waals surface area contributed by atoms with Crippen LogP contribution in [0.15, 0.2) is 131 Å². The van der Waals surface area contributed by atoms with Crippen LogP contribution in [0, 0.1) is 11.8 Å². The smallest absolute Gasteiger partial charge is 0.305 e. The van der Waals surface area contributed by atoms with Crippen LogP contribution in [0.5, 0.6) is 0 Å². The van der Waals surface area contributed by atoms with Crippen LogP contribution in [-0.2, 0) is 9.53 Å². The number of nitrogens with one attached hydrogen (secondary N) is 1. The van der Waals surface area contributed by atoms with Gasteiger partial charge >= 0.3 is 5.97 Å². The van der Waals surface area contributed by atoms with Crippen LogP contribution < -0.4 is 15.8 Å². The summed E-state index contributed by atoms with van der Waals surface area (Å²) in [5.41, 5.74) is 16.3. The number of benzene rings is 1. The number of hydrogen-bond donors (Lipinski definition) is 2. The summed E-state index contributed by atoms with van der Waals surface area (Å²) in [7, 11) is 1.46. The molecule has 5 heterocycles. The highest BCUT2D eigenvalue weighted by Crippen LogP contribution is 2.46. The quantitative estimate of drug-likeness (QED) is 0.344. The van der Waals surface area contributed by atoms with E-state index in [1.807, 2.05) is 24.3 Å². The van der Waals surface area contributed by atoms with Gasteiger partial charge in [0.05, 0.1) is 47.6 Å². The van der Waals surface area contributed by atoms with Crippen LogP contribution in [0.3, 0.4) is 0 Å². The molecule has 1 saturated heterocycles.